The zero-order valence-electron chi connectivity index (χ0n) is 19.3. The van der Waals surface area contributed by atoms with E-state index in [1.807, 2.05) is 24.3 Å². The molecule has 4 rings (SSSR count). The second kappa shape index (κ2) is 9.46. The molecule has 8 heteroatoms. The van der Waals surface area contributed by atoms with E-state index in [2.05, 4.69) is 15.9 Å². The van der Waals surface area contributed by atoms with Crippen molar-refractivity contribution >= 4 is 45.2 Å². The minimum atomic E-state index is -0.737. The van der Waals surface area contributed by atoms with Gasteiger partial charge in [0, 0.05) is 9.89 Å². The SMILES string of the molecule is CC(C)(C)C(=O)COC(=O)c1ccc2c(c1)C(=O)N(c1ccc(Oc3ccc(Br)cc3)cc1)C2=O. The summed E-state index contributed by atoms with van der Waals surface area (Å²) in [6, 6.07) is 18.0. The second-order valence-corrected chi connectivity index (χ2v) is 9.92. The number of carbonyl (C=O) groups excluding carboxylic acids is 4. The molecule has 0 aromatic heterocycles. The largest absolute Gasteiger partial charge is 0.457 e. The summed E-state index contributed by atoms with van der Waals surface area (Å²) in [5, 5.41) is 0. The second-order valence-electron chi connectivity index (χ2n) is 9.01. The quantitative estimate of drug-likeness (QED) is 0.292. The number of carbonyl (C=O) groups is 4. The van der Waals surface area contributed by atoms with E-state index < -0.39 is 23.2 Å². The van der Waals surface area contributed by atoms with Crippen LogP contribution in [0.15, 0.2) is 71.2 Å². The maximum absolute atomic E-state index is 13.1. The van der Waals surface area contributed by atoms with Gasteiger partial charge in [0.1, 0.15) is 11.5 Å². The summed E-state index contributed by atoms with van der Waals surface area (Å²) in [6.07, 6.45) is 0. The molecule has 1 heterocycles. The molecule has 3 aromatic carbocycles. The van der Waals surface area contributed by atoms with Crippen molar-refractivity contribution in [2.24, 2.45) is 5.41 Å². The number of esters is 1. The van der Waals surface area contributed by atoms with E-state index >= 15 is 0 Å². The Bertz CT molecular complexity index is 1320. The maximum atomic E-state index is 13.1. The Kier molecular flexibility index (Phi) is 6.58. The lowest BCUT2D eigenvalue weighted by atomic mass is 9.91. The van der Waals surface area contributed by atoms with Crippen LogP contribution < -0.4 is 9.64 Å². The van der Waals surface area contributed by atoms with E-state index in [1.54, 1.807) is 45.0 Å². The average molecular weight is 536 g/mol. The lowest BCUT2D eigenvalue weighted by Crippen LogP contribution is -2.29. The minimum Gasteiger partial charge on any atom is -0.457 e. The van der Waals surface area contributed by atoms with Crippen molar-refractivity contribution in [3.05, 3.63) is 87.9 Å². The number of ketones is 1. The van der Waals surface area contributed by atoms with E-state index in [-0.39, 0.29) is 29.1 Å². The summed E-state index contributed by atoms with van der Waals surface area (Å²) in [5.74, 6) is -0.815. The predicted molar refractivity (Wildman–Crippen MR) is 133 cm³/mol. The number of halogens is 1. The van der Waals surface area contributed by atoms with Crippen LogP contribution in [0.2, 0.25) is 0 Å². The van der Waals surface area contributed by atoms with Crippen molar-refractivity contribution < 1.29 is 28.7 Å². The fourth-order valence-electron chi connectivity index (χ4n) is 3.34. The van der Waals surface area contributed by atoms with Crippen molar-refractivity contribution in [1.29, 1.82) is 0 Å². The van der Waals surface area contributed by atoms with Gasteiger partial charge in [-0.2, -0.15) is 0 Å². The van der Waals surface area contributed by atoms with Crippen molar-refractivity contribution in [3.8, 4) is 11.5 Å². The lowest BCUT2D eigenvalue weighted by molar-refractivity contribution is -0.129. The summed E-state index contributed by atoms with van der Waals surface area (Å²) < 4.78 is 11.8. The van der Waals surface area contributed by atoms with Crippen molar-refractivity contribution in [2.45, 2.75) is 20.8 Å². The average Bonchev–Trinajstić information content (AvgIpc) is 3.08. The minimum absolute atomic E-state index is 0.0895. The van der Waals surface area contributed by atoms with E-state index in [0.29, 0.717) is 17.2 Å². The van der Waals surface area contributed by atoms with Crippen LogP contribution in [0, 0.1) is 5.41 Å². The van der Waals surface area contributed by atoms with Crippen LogP contribution in [0.4, 0.5) is 5.69 Å². The monoisotopic (exact) mass is 535 g/mol. The van der Waals surface area contributed by atoms with E-state index in [4.69, 9.17) is 9.47 Å². The number of anilines is 1. The summed E-state index contributed by atoms with van der Waals surface area (Å²) in [6.45, 7) is 4.83. The van der Waals surface area contributed by atoms with Crippen LogP contribution in [0.3, 0.4) is 0 Å². The Morgan fingerprint density at radius 1 is 0.829 bits per heavy atom. The molecule has 0 unspecified atom stereocenters. The molecule has 0 radical (unpaired) electrons. The third kappa shape index (κ3) is 5.17. The molecule has 1 aliphatic heterocycles. The first-order chi connectivity index (χ1) is 16.5. The number of Topliss-reactive ketones (excluding diaryl/α,β-unsaturated/α-hetero) is 1. The van der Waals surface area contributed by atoms with Crippen LogP contribution in [-0.2, 0) is 9.53 Å². The fourth-order valence-corrected chi connectivity index (χ4v) is 3.60. The van der Waals surface area contributed by atoms with Gasteiger partial charge < -0.3 is 9.47 Å². The Morgan fingerprint density at radius 2 is 1.40 bits per heavy atom. The first-order valence-electron chi connectivity index (χ1n) is 10.8. The smallest absolute Gasteiger partial charge is 0.338 e. The molecule has 1 aliphatic rings. The molecular formula is C27H22BrNO6. The van der Waals surface area contributed by atoms with Crippen molar-refractivity contribution in [1.82, 2.24) is 0 Å². The molecule has 0 fully saturated rings. The van der Waals surface area contributed by atoms with Gasteiger partial charge in [-0.1, -0.05) is 36.7 Å². The number of ether oxygens (including phenoxy) is 2. The Hall–Kier alpha value is -3.78. The topological polar surface area (TPSA) is 90.0 Å². The summed E-state index contributed by atoms with van der Waals surface area (Å²) >= 11 is 3.37. The Balaban J connectivity index is 1.49. The highest BCUT2D eigenvalue weighted by Crippen LogP contribution is 2.31. The molecule has 178 valence electrons. The normalized spacial score (nSPS) is 13.0. The highest BCUT2D eigenvalue weighted by Gasteiger charge is 2.37. The molecule has 0 spiro atoms. The number of rotatable bonds is 6. The molecule has 35 heavy (non-hydrogen) atoms. The van der Waals surface area contributed by atoms with Crippen molar-refractivity contribution in [2.75, 3.05) is 11.5 Å². The first-order valence-corrected chi connectivity index (χ1v) is 11.6. The van der Waals surface area contributed by atoms with Crippen LogP contribution in [-0.4, -0.2) is 30.2 Å². The Labute approximate surface area is 210 Å². The lowest BCUT2D eigenvalue weighted by Gasteiger charge is -2.16. The third-order valence-corrected chi connectivity index (χ3v) is 5.97. The molecule has 0 aliphatic carbocycles. The van der Waals surface area contributed by atoms with E-state index in [1.165, 1.54) is 18.2 Å². The molecule has 0 saturated heterocycles. The predicted octanol–water partition coefficient (Wildman–Crippen LogP) is 5.81. The zero-order chi connectivity index (χ0) is 25.3. The van der Waals surface area contributed by atoms with Crippen molar-refractivity contribution in [3.63, 3.8) is 0 Å². The Morgan fingerprint density at radius 3 is 2.00 bits per heavy atom. The summed E-state index contributed by atoms with van der Waals surface area (Å²) in [4.78, 5) is 51.5. The van der Waals surface area contributed by atoms with Gasteiger partial charge in [-0.3, -0.25) is 14.4 Å². The van der Waals surface area contributed by atoms with Gasteiger partial charge in [0.15, 0.2) is 12.4 Å². The molecule has 3 aromatic rings. The van der Waals surface area contributed by atoms with E-state index in [9.17, 15) is 19.2 Å². The first kappa shape index (κ1) is 24.3. The van der Waals surface area contributed by atoms with Gasteiger partial charge in [-0.15, -0.1) is 0 Å². The van der Waals surface area contributed by atoms with Crippen LogP contribution in [0.25, 0.3) is 0 Å². The number of amides is 2. The van der Waals surface area contributed by atoms with Crippen LogP contribution in [0.1, 0.15) is 51.8 Å². The molecule has 2 amide bonds. The number of imide groups is 1. The summed E-state index contributed by atoms with van der Waals surface area (Å²) in [7, 11) is 0. The molecule has 0 saturated carbocycles. The van der Waals surface area contributed by atoms with Gasteiger partial charge in [0.25, 0.3) is 11.8 Å². The zero-order valence-corrected chi connectivity index (χ0v) is 20.9. The highest BCUT2D eigenvalue weighted by atomic mass is 79.9. The van der Waals surface area contributed by atoms with Gasteiger partial charge >= 0.3 is 5.97 Å². The molecule has 0 atom stereocenters. The standard InChI is InChI=1S/C27H22BrNO6/c1-27(2,3)23(30)15-34-26(33)16-4-13-21-22(14-16)25(32)29(24(21)31)18-7-11-20(12-8-18)35-19-9-5-17(28)6-10-19/h4-14H,15H2,1-3H3. The maximum Gasteiger partial charge on any atom is 0.338 e. The van der Waals surface area contributed by atoms with Crippen LogP contribution >= 0.6 is 15.9 Å². The third-order valence-electron chi connectivity index (χ3n) is 5.44. The molecular weight excluding hydrogens is 514 g/mol. The van der Waals surface area contributed by atoms with Crippen LogP contribution in [0.5, 0.6) is 11.5 Å². The van der Waals surface area contributed by atoms with Gasteiger partial charge in [0.2, 0.25) is 0 Å². The number of hydrogen-bond donors (Lipinski definition) is 0. The van der Waals surface area contributed by atoms with Gasteiger partial charge in [0.05, 0.1) is 22.4 Å². The molecule has 0 N–H and O–H groups in total. The number of fused-ring (bicyclic) bond motifs is 1. The van der Waals surface area contributed by atoms with Gasteiger partial charge in [-0.25, -0.2) is 9.69 Å². The number of benzene rings is 3. The number of nitrogens with zero attached hydrogens (tertiary/aromatic N) is 1. The summed E-state index contributed by atoms with van der Waals surface area (Å²) in [5.41, 5.74) is 0.111. The molecule has 0 bridgehead atoms. The number of hydrogen-bond acceptors (Lipinski definition) is 6. The van der Waals surface area contributed by atoms with Gasteiger partial charge in [-0.05, 0) is 66.7 Å². The molecule has 7 nitrogen and oxygen atoms in total. The highest BCUT2D eigenvalue weighted by molar-refractivity contribution is 9.10. The fraction of sp³-hybridized carbons (Fsp3) is 0.185. The van der Waals surface area contributed by atoms with E-state index in [0.717, 1.165) is 9.37 Å².